The van der Waals surface area contributed by atoms with E-state index in [1.54, 1.807) is 0 Å². The van der Waals surface area contributed by atoms with Gasteiger partial charge >= 0.3 is 0 Å². The third-order valence-electron chi connectivity index (χ3n) is 6.62. The molecule has 7 nitrogen and oxygen atoms in total. The molecule has 9 heteroatoms. The Kier molecular flexibility index (Phi) is 7.63. The number of halogens is 1. The highest BCUT2D eigenvalue weighted by Crippen LogP contribution is 2.30. The van der Waals surface area contributed by atoms with E-state index in [1.165, 1.54) is 12.1 Å². The van der Waals surface area contributed by atoms with Crippen molar-refractivity contribution < 1.29 is 12.8 Å². The fraction of sp³-hybridized carbons (Fsp3) is 0.440. The number of para-hydroxylation sites is 1. The molecule has 0 aliphatic heterocycles. The number of nitrogens with zero attached hydrogens (tertiary/aromatic N) is 3. The predicted octanol–water partition coefficient (Wildman–Crippen LogP) is 4.42. The fourth-order valence-electron chi connectivity index (χ4n) is 4.38. The van der Waals surface area contributed by atoms with Crippen LogP contribution in [0.25, 0.3) is 10.9 Å². The summed E-state index contributed by atoms with van der Waals surface area (Å²) in [7, 11) is -1.59. The number of nitrogens with one attached hydrogen (secondary N) is 2. The number of hydrogen-bond donors (Lipinski definition) is 2. The third-order valence-corrected chi connectivity index (χ3v) is 8.06. The molecule has 1 heterocycles. The molecule has 34 heavy (non-hydrogen) atoms. The van der Waals surface area contributed by atoms with Crippen LogP contribution in [0.15, 0.2) is 53.4 Å². The summed E-state index contributed by atoms with van der Waals surface area (Å²) in [6.45, 7) is 4.15. The first-order valence-corrected chi connectivity index (χ1v) is 13.3. The highest BCUT2D eigenvalue weighted by Gasteiger charge is 2.23. The summed E-state index contributed by atoms with van der Waals surface area (Å²) < 4.78 is 40.6. The Morgan fingerprint density at radius 1 is 0.971 bits per heavy atom. The molecule has 0 unspecified atom stereocenters. The molecular formula is C25H32FN5O2S. The van der Waals surface area contributed by atoms with Crippen LogP contribution in [-0.4, -0.2) is 45.1 Å². The normalized spacial score (nSPS) is 18.7. The maximum Gasteiger partial charge on any atom is 0.240 e. The second-order valence-electron chi connectivity index (χ2n) is 8.98. The van der Waals surface area contributed by atoms with Crippen molar-refractivity contribution in [3.8, 4) is 0 Å². The number of anilines is 2. The average Bonchev–Trinajstić information content (AvgIpc) is 2.86. The van der Waals surface area contributed by atoms with Crippen molar-refractivity contribution in [1.29, 1.82) is 0 Å². The first-order valence-electron chi connectivity index (χ1n) is 11.8. The van der Waals surface area contributed by atoms with Gasteiger partial charge in [0.05, 0.1) is 10.4 Å². The summed E-state index contributed by atoms with van der Waals surface area (Å²) >= 11 is 0. The first kappa shape index (κ1) is 24.3. The Hall–Kier alpha value is -2.78. The minimum Gasteiger partial charge on any atom is -0.359 e. The molecule has 0 atom stereocenters. The van der Waals surface area contributed by atoms with E-state index >= 15 is 0 Å². The number of sulfonamides is 1. The maximum absolute atomic E-state index is 13.1. The number of rotatable bonds is 9. The molecule has 1 aliphatic rings. The van der Waals surface area contributed by atoms with Gasteiger partial charge in [-0.1, -0.05) is 12.1 Å². The lowest BCUT2D eigenvalue weighted by atomic mass is 9.82. The molecule has 0 saturated heterocycles. The van der Waals surface area contributed by atoms with Crippen LogP contribution in [0, 0.1) is 17.7 Å². The molecular weight excluding hydrogens is 453 g/mol. The minimum atomic E-state index is -3.62. The van der Waals surface area contributed by atoms with Gasteiger partial charge in [-0.25, -0.2) is 22.5 Å². The molecule has 0 spiro atoms. The zero-order chi connectivity index (χ0) is 24.1. The fourth-order valence-corrected chi connectivity index (χ4v) is 5.50. The van der Waals surface area contributed by atoms with E-state index in [1.807, 2.05) is 31.3 Å². The molecule has 0 bridgehead atoms. The van der Waals surface area contributed by atoms with Crippen LogP contribution in [0.5, 0.6) is 0 Å². The number of benzene rings is 2. The number of hydrogen-bond acceptors (Lipinski definition) is 6. The topological polar surface area (TPSA) is 87.2 Å². The highest BCUT2D eigenvalue weighted by molar-refractivity contribution is 7.89. The Morgan fingerprint density at radius 2 is 1.62 bits per heavy atom. The van der Waals surface area contributed by atoms with E-state index in [0.29, 0.717) is 24.3 Å². The Labute approximate surface area is 200 Å². The van der Waals surface area contributed by atoms with Crippen molar-refractivity contribution in [1.82, 2.24) is 14.7 Å². The van der Waals surface area contributed by atoms with Gasteiger partial charge in [0.15, 0.2) is 0 Å². The van der Waals surface area contributed by atoms with Crippen LogP contribution >= 0.6 is 0 Å². The SMILES string of the molecule is CCN(C)c1nc(NC[C@H]2CC[C@H](CNS(=O)(=O)c3ccc(F)cc3)CC2)nc2ccccc12. The summed E-state index contributed by atoms with van der Waals surface area (Å²) in [5, 5.41) is 4.47. The van der Waals surface area contributed by atoms with E-state index in [-0.39, 0.29) is 4.90 Å². The molecule has 0 amide bonds. The largest absolute Gasteiger partial charge is 0.359 e. The van der Waals surface area contributed by atoms with Crippen molar-refractivity contribution in [3.05, 3.63) is 54.3 Å². The van der Waals surface area contributed by atoms with Crippen LogP contribution in [0.2, 0.25) is 0 Å². The molecule has 182 valence electrons. The standard InChI is InChI=1S/C25H32FN5O2S/c1-3-31(2)24-22-6-4-5-7-23(22)29-25(30-24)27-16-18-8-10-19(11-9-18)17-28-34(32,33)21-14-12-20(26)13-15-21/h4-7,12-15,18-19,28H,3,8-11,16-17H2,1-2H3,(H,27,29,30)/t18-,19-. The van der Waals surface area contributed by atoms with Gasteiger partial charge in [0, 0.05) is 32.1 Å². The summed E-state index contributed by atoms with van der Waals surface area (Å²) in [5.41, 5.74) is 0.924. The number of aromatic nitrogens is 2. The summed E-state index contributed by atoms with van der Waals surface area (Å²) in [6, 6.07) is 13.0. The lowest BCUT2D eigenvalue weighted by Gasteiger charge is -2.29. The van der Waals surface area contributed by atoms with Gasteiger partial charge in [-0.15, -0.1) is 0 Å². The van der Waals surface area contributed by atoms with Gasteiger partial charge in [0.1, 0.15) is 11.6 Å². The van der Waals surface area contributed by atoms with Crippen molar-refractivity contribution in [2.75, 3.05) is 36.9 Å². The molecule has 1 aliphatic carbocycles. The summed E-state index contributed by atoms with van der Waals surface area (Å²) in [5.74, 6) is 1.91. The molecule has 2 N–H and O–H groups in total. The third kappa shape index (κ3) is 5.82. The van der Waals surface area contributed by atoms with Gasteiger partial charge in [-0.05, 0) is 80.8 Å². The van der Waals surface area contributed by atoms with Gasteiger partial charge in [-0.3, -0.25) is 0 Å². The van der Waals surface area contributed by atoms with E-state index in [9.17, 15) is 12.8 Å². The van der Waals surface area contributed by atoms with E-state index < -0.39 is 15.8 Å². The first-order chi connectivity index (χ1) is 16.4. The van der Waals surface area contributed by atoms with Crippen molar-refractivity contribution in [2.45, 2.75) is 37.5 Å². The second kappa shape index (κ2) is 10.7. The molecule has 0 radical (unpaired) electrons. The quantitative estimate of drug-likeness (QED) is 0.467. The van der Waals surface area contributed by atoms with Gasteiger partial charge in [0.2, 0.25) is 16.0 Å². The lowest BCUT2D eigenvalue weighted by molar-refractivity contribution is 0.284. The van der Waals surface area contributed by atoms with E-state index in [0.717, 1.165) is 67.6 Å². The van der Waals surface area contributed by atoms with Crippen LogP contribution in [0.4, 0.5) is 16.2 Å². The van der Waals surface area contributed by atoms with Crippen LogP contribution in [-0.2, 0) is 10.0 Å². The Balaban J connectivity index is 1.29. The highest BCUT2D eigenvalue weighted by atomic mass is 32.2. The van der Waals surface area contributed by atoms with Gasteiger partial charge in [0.25, 0.3) is 0 Å². The molecule has 1 saturated carbocycles. The van der Waals surface area contributed by atoms with Crippen molar-refractivity contribution in [2.24, 2.45) is 11.8 Å². The minimum absolute atomic E-state index is 0.0928. The van der Waals surface area contributed by atoms with Gasteiger partial charge in [-0.2, -0.15) is 4.98 Å². The Morgan fingerprint density at radius 3 is 2.29 bits per heavy atom. The van der Waals surface area contributed by atoms with Gasteiger partial charge < -0.3 is 10.2 Å². The molecule has 1 aromatic heterocycles. The second-order valence-corrected chi connectivity index (χ2v) is 10.7. The molecule has 3 aromatic rings. The number of fused-ring (bicyclic) bond motifs is 1. The van der Waals surface area contributed by atoms with Crippen LogP contribution in [0.1, 0.15) is 32.6 Å². The molecule has 2 aromatic carbocycles. The predicted molar refractivity (Wildman–Crippen MR) is 134 cm³/mol. The van der Waals surface area contributed by atoms with Crippen LogP contribution < -0.4 is 14.9 Å². The van der Waals surface area contributed by atoms with Crippen molar-refractivity contribution in [3.63, 3.8) is 0 Å². The lowest BCUT2D eigenvalue weighted by Crippen LogP contribution is -2.32. The maximum atomic E-state index is 13.1. The Bertz CT molecular complexity index is 1210. The molecule has 1 fully saturated rings. The van der Waals surface area contributed by atoms with Crippen molar-refractivity contribution >= 4 is 32.7 Å². The van der Waals surface area contributed by atoms with E-state index in [4.69, 9.17) is 9.97 Å². The monoisotopic (exact) mass is 485 g/mol. The van der Waals surface area contributed by atoms with Crippen LogP contribution in [0.3, 0.4) is 0 Å². The average molecular weight is 486 g/mol. The summed E-state index contributed by atoms with van der Waals surface area (Å²) in [6.07, 6.45) is 3.96. The molecule has 4 rings (SSSR count). The summed E-state index contributed by atoms with van der Waals surface area (Å²) in [4.78, 5) is 11.7. The van der Waals surface area contributed by atoms with E-state index in [2.05, 4.69) is 21.9 Å². The zero-order valence-electron chi connectivity index (χ0n) is 19.7. The zero-order valence-corrected chi connectivity index (χ0v) is 20.5. The smallest absolute Gasteiger partial charge is 0.240 e.